The molecule has 1 aliphatic rings. The van der Waals surface area contributed by atoms with Gasteiger partial charge in [0, 0.05) is 19.6 Å². The molecule has 1 saturated heterocycles. The third kappa shape index (κ3) is 3.71. The molecule has 5 heteroatoms. The first kappa shape index (κ1) is 14.8. The van der Waals surface area contributed by atoms with Crippen molar-refractivity contribution in [3.05, 3.63) is 35.9 Å². The Morgan fingerprint density at radius 2 is 1.95 bits per heavy atom. The number of nitrogens with two attached hydrogens (primary N) is 1. The minimum Gasteiger partial charge on any atom is -0.409 e. The smallest absolute Gasteiger partial charge is 0.147 e. The van der Waals surface area contributed by atoms with E-state index in [1.54, 1.807) is 0 Å². The van der Waals surface area contributed by atoms with Gasteiger partial charge in [-0.2, -0.15) is 0 Å². The lowest BCUT2D eigenvalue weighted by molar-refractivity contribution is -0.0681. The summed E-state index contributed by atoms with van der Waals surface area (Å²) >= 11 is 0. The molecule has 0 saturated carbocycles. The third-order valence-corrected chi connectivity index (χ3v) is 3.61. The Morgan fingerprint density at radius 3 is 2.50 bits per heavy atom. The van der Waals surface area contributed by atoms with Crippen LogP contribution >= 0.6 is 0 Å². The zero-order valence-electron chi connectivity index (χ0n) is 12.1. The molecule has 0 aliphatic carbocycles. The van der Waals surface area contributed by atoms with Gasteiger partial charge in [-0.15, -0.1) is 0 Å². The van der Waals surface area contributed by atoms with E-state index in [9.17, 15) is 0 Å². The Balaban J connectivity index is 2.12. The highest BCUT2D eigenvalue weighted by Crippen LogP contribution is 2.20. The predicted molar refractivity (Wildman–Crippen MR) is 79.0 cm³/mol. The van der Waals surface area contributed by atoms with Crippen LogP contribution in [0.3, 0.4) is 0 Å². The molecule has 3 atom stereocenters. The summed E-state index contributed by atoms with van der Waals surface area (Å²) in [5, 5.41) is 12.2. The molecule has 5 nitrogen and oxygen atoms in total. The standard InChI is InChI=1S/C15H23N3O2/c1-11-8-18(9-12(2)20-11)10-14(15(16)17-19)13-6-4-3-5-7-13/h3-7,11-12,14,19H,8-10H2,1-2H3,(H2,16,17)/t11-,12+,14?. The number of oxime groups is 1. The Labute approximate surface area is 120 Å². The van der Waals surface area contributed by atoms with Crippen molar-refractivity contribution in [2.45, 2.75) is 32.0 Å². The third-order valence-electron chi connectivity index (χ3n) is 3.61. The summed E-state index contributed by atoms with van der Waals surface area (Å²) in [5.41, 5.74) is 6.94. The fourth-order valence-corrected chi connectivity index (χ4v) is 2.82. The molecular formula is C15H23N3O2. The molecule has 1 aromatic rings. The summed E-state index contributed by atoms with van der Waals surface area (Å²) in [4.78, 5) is 2.31. The van der Waals surface area contributed by atoms with Crippen molar-refractivity contribution >= 4 is 5.84 Å². The van der Waals surface area contributed by atoms with Gasteiger partial charge in [0.1, 0.15) is 5.84 Å². The van der Waals surface area contributed by atoms with Crippen LogP contribution in [0, 0.1) is 0 Å². The number of morpholine rings is 1. The molecule has 2 rings (SSSR count). The summed E-state index contributed by atoms with van der Waals surface area (Å²) in [6.07, 6.45) is 0.421. The second-order valence-corrected chi connectivity index (χ2v) is 5.46. The second-order valence-electron chi connectivity index (χ2n) is 5.46. The molecule has 0 aromatic heterocycles. The van der Waals surface area contributed by atoms with Gasteiger partial charge in [0.15, 0.2) is 0 Å². The molecule has 0 bridgehead atoms. The largest absolute Gasteiger partial charge is 0.409 e. The molecule has 3 N–H and O–H groups in total. The first-order chi connectivity index (χ1) is 9.60. The maximum atomic E-state index is 9.02. The molecule has 1 unspecified atom stereocenters. The van der Waals surface area contributed by atoms with Crippen LogP contribution in [0.5, 0.6) is 0 Å². The van der Waals surface area contributed by atoms with E-state index < -0.39 is 0 Å². The van der Waals surface area contributed by atoms with Crippen LogP contribution < -0.4 is 5.73 Å². The molecule has 0 spiro atoms. The lowest BCUT2D eigenvalue weighted by Gasteiger charge is -2.37. The summed E-state index contributed by atoms with van der Waals surface area (Å²) in [6, 6.07) is 9.92. The van der Waals surface area contributed by atoms with Crippen LogP contribution in [0.15, 0.2) is 35.5 Å². The van der Waals surface area contributed by atoms with Crippen molar-refractivity contribution in [3.63, 3.8) is 0 Å². The topological polar surface area (TPSA) is 71.1 Å². The average molecular weight is 277 g/mol. The Bertz CT molecular complexity index is 440. The SMILES string of the molecule is C[C@@H]1CN(CC(/C(N)=N/O)c2ccccc2)C[C@H](C)O1. The van der Waals surface area contributed by atoms with Crippen molar-refractivity contribution < 1.29 is 9.94 Å². The van der Waals surface area contributed by atoms with Gasteiger partial charge in [0.05, 0.1) is 18.1 Å². The van der Waals surface area contributed by atoms with Gasteiger partial charge in [-0.05, 0) is 19.4 Å². The zero-order chi connectivity index (χ0) is 14.5. The van der Waals surface area contributed by atoms with Crippen molar-refractivity contribution in [2.75, 3.05) is 19.6 Å². The number of amidine groups is 1. The molecule has 20 heavy (non-hydrogen) atoms. The number of rotatable bonds is 4. The van der Waals surface area contributed by atoms with Gasteiger partial charge in [0.25, 0.3) is 0 Å². The number of benzene rings is 1. The normalized spacial score (nSPS) is 26.4. The van der Waals surface area contributed by atoms with Gasteiger partial charge in [0.2, 0.25) is 0 Å². The van der Waals surface area contributed by atoms with E-state index in [0.717, 1.165) is 25.2 Å². The van der Waals surface area contributed by atoms with Crippen LogP contribution in [-0.2, 0) is 4.74 Å². The van der Waals surface area contributed by atoms with E-state index in [1.165, 1.54) is 0 Å². The maximum absolute atomic E-state index is 9.02. The van der Waals surface area contributed by atoms with Crippen molar-refractivity contribution in [1.29, 1.82) is 0 Å². The number of hydrogen-bond donors (Lipinski definition) is 2. The first-order valence-corrected chi connectivity index (χ1v) is 7.00. The fraction of sp³-hybridized carbons (Fsp3) is 0.533. The highest BCUT2D eigenvalue weighted by molar-refractivity contribution is 5.87. The Morgan fingerprint density at radius 1 is 1.35 bits per heavy atom. The molecule has 1 aliphatic heterocycles. The van der Waals surface area contributed by atoms with Gasteiger partial charge >= 0.3 is 0 Å². The van der Waals surface area contributed by atoms with Gasteiger partial charge < -0.3 is 15.7 Å². The van der Waals surface area contributed by atoms with Crippen LogP contribution in [0.25, 0.3) is 0 Å². The molecule has 0 radical (unpaired) electrons. The zero-order valence-corrected chi connectivity index (χ0v) is 12.1. The molecule has 1 heterocycles. The van der Waals surface area contributed by atoms with Crippen molar-refractivity contribution in [2.24, 2.45) is 10.9 Å². The van der Waals surface area contributed by atoms with E-state index >= 15 is 0 Å². The lowest BCUT2D eigenvalue weighted by Crippen LogP contribution is -2.48. The quantitative estimate of drug-likeness (QED) is 0.380. The molecular weight excluding hydrogens is 254 g/mol. The maximum Gasteiger partial charge on any atom is 0.147 e. The van der Waals surface area contributed by atoms with Crippen LogP contribution in [0.4, 0.5) is 0 Å². The minimum absolute atomic E-state index is 0.0984. The van der Waals surface area contributed by atoms with Crippen molar-refractivity contribution in [1.82, 2.24) is 4.90 Å². The summed E-state index contributed by atoms with van der Waals surface area (Å²) < 4.78 is 5.74. The van der Waals surface area contributed by atoms with Gasteiger partial charge in [-0.3, -0.25) is 4.90 Å². The van der Waals surface area contributed by atoms with Gasteiger partial charge in [-0.1, -0.05) is 35.5 Å². The minimum atomic E-state index is -0.0984. The van der Waals surface area contributed by atoms with Crippen molar-refractivity contribution in [3.8, 4) is 0 Å². The predicted octanol–water partition coefficient (Wildman–Crippen LogP) is 1.63. The number of nitrogens with zero attached hydrogens (tertiary/aromatic N) is 2. The number of hydrogen-bond acceptors (Lipinski definition) is 4. The van der Waals surface area contributed by atoms with Crippen LogP contribution in [0.1, 0.15) is 25.3 Å². The summed E-state index contributed by atoms with van der Waals surface area (Å²) in [5.74, 6) is 0.154. The monoisotopic (exact) mass is 277 g/mol. The van der Waals surface area contributed by atoms with E-state index in [4.69, 9.17) is 15.7 Å². The second kappa shape index (κ2) is 6.72. The van der Waals surface area contributed by atoms with E-state index in [0.29, 0.717) is 0 Å². The van der Waals surface area contributed by atoms with E-state index in [2.05, 4.69) is 23.9 Å². The Hall–Kier alpha value is -1.59. The Kier molecular flexibility index (Phi) is 4.98. The average Bonchev–Trinajstić information content (AvgIpc) is 2.44. The summed E-state index contributed by atoms with van der Waals surface area (Å²) in [6.45, 7) is 6.62. The number of ether oxygens (including phenoxy) is 1. The molecule has 0 amide bonds. The van der Waals surface area contributed by atoms with E-state index in [1.807, 2.05) is 30.3 Å². The molecule has 1 aromatic carbocycles. The highest BCUT2D eigenvalue weighted by Gasteiger charge is 2.26. The fourth-order valence-electron chi connectivity index (χ4n) is 2.82. The lowest BCUT2D eigenvalue weighted by atomic mass is 9.97. The van der Waals surface area contributed by atoms with Crippen LogP contribution in [0.2, 0.25) is 0 Å². The molecule has 110 valence electrons. The van der Waals surface area contributed by atoms with E-state index in [-0.39, 0.29) is 24.0 Å². The summed E-state index contributed by atoms with van der Waals surface area (Å²) in [7, 11) is 0. The van der Waals surface area contributed by atoms with Crippen LogP contribution in [-0.4, -0.2) is 47.8 Å². The van der Waals surface area contributed by atoms with Gasteiger partial charge in [-0.25, -0.2) is 0 Å². The first-order valence-electron chi connectivity index (χ1n) is 7.00. The highest BCUT2D eigenvalue weighted by atomic mass is 16.5. The molecule has 1 fully saturated rings.